The fourth-order valence-electron chi connectivity index (χ4n) is 2.00. The van der Waals surface area contributed by atoms with Gasteiger partial charge in [-0.2, -0.15) is 5.10 Å². The molecule has 0 fully saturated rings. The number of methoxy groups -OCH3 is 1. The number of hydrogen-bond donors (Lipinski definition) is 2. The molecule has 0 aliphatic rings. The number of hydrazone groups is 1. The number of nitrogens with two attached hydrogens (primary N) is 1. The Morgan fingerprint density at radius 2 is 2.04 bits per heavy atom. The highest BCUT2D eigenvalue weighted by atomic mass is 16.6. The first-order valence-electron chi connectivity index (χ1n) is 7.13. The third-order valence-electron chi connectivity index (χ3n) is 3.13. The molecule has 0 saturated heterocycles. The van der Waals surface area contributed by atoms with Crippen LogP contribution in [0.2, 0.25) is 0 Å². The van der Waals surface area contributed by atoms with Crippen molar-refractivity contribution in [3.8, 4) is 11.5 Å². The number of carbonyl (C=O) groups is 1. The molecule has 0 heterocycles. The first-order chi connectivity index (χ1) is 12.0. The summed E-state index contributed by atoms with van der Waals surface area (Å²) in [6.07, 6.45) is 1.10. The van der Waals surface area contributed by atoms with Crippen LogP contribution in [0.5, 0.6) is 11.5 Å². The van der Waals surface area contributed by atoms with Gasteiger partial charge in [-0.15, -0.1) is 0 Å². The summed E-state index contributed by atoms with van der Waals surface area (Å²) in [6.45, 7) is 0.227. The van der Waals surface area contributed by atoms with Gasteiger partial charge in [0.05, 0.1) is 29.9 Å². The molecule has 0 unspecified atom stereocenters. The lowest BCUT2D eigenvalue weighted by Gasteiger charge is -2.11. The van der Waals surface area contributed by atoms with E-state index in [1.54, 1.807) is 0 Å². The number of benzene rings is 2. The predicted octanol–water partition coefficient (Wildman–Crippen LogP) is 2.18. The first-order valence-corrected chi connectivity index (χ1v) is 7.13. The second-order valence-corrected chi connectivity index (χ2v) is 4.83. The Kier molecular flexibility index (Phi) is 5.88. The van der Waals surface area contributed by atoms with Gasteiger partial charge in [-0.25, -0.2) is 10.2 Å². The number of urea groups is 1. The van der Waals surface area contributed by atoms with E-state index in [2.05, 4.69) is 5.10 Å². The van der Waals surface area contributed by atoms with Crippen molar-refractivity contribution in [2.24, 2.45) is 10.8 Å². The van der Waals surface area contributed by atoms with E-state index in [-0.39, 0.29) is 23.6 Å². The molecule has 0 saturated carbocycles. The number of hydrogen-bond acceptors (Lipinski definition) is 6. The number of nitro benzene ring substituents is 1. The summed E-state index contributed by atoms with van der Waals surface area (Å²) < 4.78 is 10.9. The second kappa shape index (κ2) is 8.29. The van der Waals surface area contributed by atoms with Crippen LogP contribution >= 0.6 is 0 Å². The fraction of sp³-hybridized carbons (Fsp3) is 0.125. The molecule has 130 valence electrons. The predicted molar refractivity (Wildman–Crippen MR) is 90.7 cm³/mol. The maximum absolute atomic E-state index is 11.3. The molecule has 0 aromatic heterocycles. The number of nitrogens with zero attached hydrogens (tertiary/aromatic N) is 2. The van der Waals surface area contributed by atoms with Gasteiger partial charge in [0, 0.05) is 0 Å². The van der Waals surface area contributed by atoms with Crippen LogP contribution in [0.1, 0.15) is 11.1 Å². The number of amides is 2. The molecule has 9 heteroatoms. The van der Waals surface area contributed by atoms with Crippen LogP contribution in [-0.4, -0.2) is 24.3 Å². The van der Waals surface area contributed by atoms with Crippen molar-refractivity contribution in [1.82, 2.24) is 5.43 Å². The molecule has 2 rings (SSSR count). The minimum Gasteiger partial charge on any atom is -0.493 e. The lowest BCUT2D eigenvalue weighted by molar-refractivity contribution is -0.385. The Bertz CT molecular complexity index is 793. The van der Waals surface area contributed by atoms with Crippen LogP contribution in [0.4, 0.5) is 10.5 Å². The van der Waals surface area contributed by atoms with Gasteiger partial charge in [0.15, 0.2) is 11.5 Å². The van der Waals surface area contributed by atoms with E-state index in [1.807, 2.05) is 35.8 Å². The molecule has 3 N–H and O–H groups in total. The highest BCUT2D eigenvalue weighted by Crippen LogP contribution is 2.34. The number of nitrogens with one attached hydrogen (secondary N) is 1. The number of rotatable bonds is 7. The number of primary amides is 1. The van der Waals surface area contributed by atoms with Crippen molar-refractivity contribution in [3.63, 3.8) is 0 Å². The van der Waals surface area contributed by atoms with Gasteiger partial charge >= 0.3 is 6.03 Å². The molecule has 0 aliphatic heterocycles. The minimum absolute atomic E-state index is 0.127. The Labute approximate surface area is 143 Å². The lowest BCUT2D eigenvalue weighted by Crippen LogP contribution is -2.24. The summed E-state index contributed by atoms with van der Waals surface area (Å²) in [7, 11) is 1.42. The number of nitro groups is 1. The van der Waals surface area contributed by atoms with E-state index in [1.165, 1.54) is 19.2 Å². The maximum atomic E-state index is 11.3. The Morgan fingerprint density at radius 1 is 1.32 bits per heavy atom. The largest absolute Gasteiger partial charge is 0.493 e. The van der Waals surface area contributed by atoms with Gasteiger partial charge in [-0.3, -0.25) is 10.1 Å². The summed E-state index contributed by atoms with van der Waals surface area (Å²) in [5, 5.41) is 14.8. The van der Waals surface area contributed by atoms with Gasteiger partial charge < -0.3 is 15.2 Å². The molecule has 0 atom stereocenters. The monoisotopic (exact) mass is 344 g/mol. The average molecular weight is 344 g/mol. The third-order valence-corrected chi connectivity index (χ3v) is 3.13. The van der Waals surface area contributed by atoms with Crippen molar-refractivity contribution in [2.75, 3.05) is 7.11 Å². The molecule has 0 spiro atoms. The average Bonchev–Trinajstić information content (AvgIpc) is 2.60. The van der Waals surface area contributed by atoms with E-state index in [0.29, 0.717) is 5.75 Å². The zero-order valence-corrected chi connectivity index (χ0v) is 13.3. The normalized spacial score (nSPS) is 10.4. The molecule has 2 aromatic carbocycles. The zero-order valence-electron chi connectivity index (χ0n) is 13.3. The first kappa shape index (κ1) is 17.7. The van der Waals surface area contributed by atoms with E-state index >= 15 is 0 Å². The Balaban J connectivity index is 2.30. The summed E-state index contributed by atoms with van der Waals surface area (Å²) in [5.74, 6) is 0.514. The maximum Gasteiger partial charge on any atom is 0.332 e. The van der Waals surface area contributed by atoms with Crippen molar-refractivity contribution in [1.29, 1.82) is 0 Å². The van der Waals surface area contributed by atoms with Gasteiger partial charge in [-0.05, 0) is 11.6 Å². The quantitative estimate of drug-likeness (QED) is 0.452. The number of carbonyl (C=O) groups excluding carboxylic acids is 1. The third kappa shape index (κ3) is 4.93. The van der Waals surface area contributed by atoms with Crippen LogP contribution < -0.4 is 20.6 Å². The molecule has 2 aromatic rings. The minimum atomic E-state index is -0.881. The highest BCUT2D eigenvalue weighted by Gasteiger charge is 2.19. The van der Waals surface area contributed by atoms with Crippen molar-refractivity contribution in [2.45, 2.75) is 6.61 Å². The lowest BCUT2D eigenvalue weighted by atomic mass is 10.1. The second-order valence-electron chi connectivity index (χ2n) is 4.83. The van der Waals surface area contributed by atoms with Gasteiger partial charge in [0.1, 0.15) is 6.61 Å². The van der Waals surface area contributed by atoms with Crippen LogP contribution in [-0.2, 0) is 6.61 Å². The van der Waals surface area contributed by atoms with E-state index in [9.17, 15) is 14.9 Å². The molecular weight excluding hydrogens is 328 g/mol. The van der Waals surface area contributed by atoms with E-state index in [4.69, 9.17) is 15.2 Å². The number of ether oxygens (including phenoxy) is 2. The van der Waals surface area contributed by atoms with Crippen molar-refractivity contribution < 1.29 is 19.2 Å². The standard InChI is InChI=1S/C16H16N4O5/c1-24-14-7-12(9-18-19-16(17)21)13(20(22)23)8-15(14)25-10-11-5-3-2-4-6-11/h2-9H,10H2,1H3,(H3,17,19,21)/b18-9+. The molecular formula is C16H16N4O5. The molecule has 25 heavy (non-hydrogen) atoms. The summed E-state index contributed by atoms with van der Waals surface area (Å²) in [4.78, 5) is 21.3. The molecule has 0 radical (unpaired) electrons. The van der Waals surface area contributed by atoms with Crippen molar-refractivity contribution in [3.05, 3.63) is 63.7 Å². The Morgan fingerprint density at radius 3 is 2.64 bits per heavy atom. The smallest absolute Gasteiger partial charge is 0.332 e. The molecule has 9 nitrogen and oxygen atoms in total. The van der Waals surface area contributed by atoms with Crippen LogP contribution in [0.15, 0.2) is 47.6 Å². The van der Waals surface area contributed by atoms with Gasteiger partial charge in [0.25, 0.3) is 5.69 Å². The van der Waals surface area contributed by atoms with E-state index in [0.717, 1.165) is 11.8 Å². The SMILES string of the molecule is COc1cc(/C=N/NC(N)=O)c([N+](=O)[O-])cc1OCc1ccccc1. The van der Waals surface area contributed by atoms with Gasteiger partial charge in [-0.1, -0.05) is 30.3 Å². The van der Waals surface area contributed by atoms with E-state index < -0.39 is 11.0 Å². The molecule has 0 bridgehead atoms. The van der Waals surface area contributed by atoms with Gasteiger partial charge in [0.2, 0.25) is 0 Å². The Hall–Kier alpha value is -3.62. The van der Waals surface area contributed by atoms with Crippen LogP contribution in [0.25, 0.3) is 0 Å². The topological polar surface area (TPSA) is 129 Å². The zero-order chi connectivity index (χ0) is 18.2. The molecule has 0 aliphatic carbocycles. The molecule has 2 amide bonds. The summed E-state index contributed by atoms with van der Waals surface area (Å²) in [5.41, 5.74) is 7.64. The summed E-state index contributed by atoms with van der Waals surface area (Å²) in [6, 6.07) is 11.1. The fourth-order valence-corrected chi connectivity index (χ4v) is 2.00. The van der Waals surface area contributed by atoms with Crippen LogP contribution in [0, 0.1) is 10.1 Å². The van der Waals surface area contributed by atoms with Crippen LogP contribution in [0.3, 0.4) is 0 Å². The summed E-state index contributed by atoms with van der Waals surface area (Å²) >= 11 is 0. The highest BCUT2D eigenvalue weighted by molar-refractivity contribution is 5.87. The van der Waals surface area contributed by atoms with Crippen molar-refractivity contribution >= 4 is 17.9 Å².